The fourth-order valence-electron chi connectivity index (χ4n) is 19.9. The van der Waals surface area contributed by atoms with E-state index in [1.807, 2.05) is 209 Å². The number of carbonyl (C=O) groups excluding carboxylic acids is 2. The van der Waals surface area contributed by atoms with Gasteiger partial charge in [-0.1, -0.05) is 170 Å². The molecular formula is C118H115FN26O3. The predicted molar refractivity (Wildman–Crippen MR) is 590 cm³/mol. The molecule has 148 heavy (non-hydrogen) atoms. The van der Waals surface area contributed by atoms with E-state index in [1.54, 1.807) is 23.5 Å². The molecule has 13 heterocycles. The van der Waals surface area contributed by atoms with Crippen LogP contribution in [0.25, 0.3) is 82.8 Å². The molecule has 3 aliphatic heterocycles. The average Bonchev–Trinajstić information content (AvgIpc) is 1.62. The molecule has 2 amide bonds. The van der Waals surface area contributed by atoms with Crippen molar-refractivity contribution in [2.75, 3.05) is 127 Å². The van der Waals surface area contributed by atoms with Gasteiger partial charge < -0.3 is 58.3 Å². The Labute approximate surface area is 854 Å². The molecule has 0 saturated carbocycles. The highest BCUT2D eigenvalue weighted by atomic mass is 19.1. The zero-order valence-corrected chi connectivity index (χ0v) is 83.5. The number of halogens is 1. The standard InChI is InChI=1S/C29H30N6.C25H21N5O.C24H26N6O.C22H23N5O.C18H15FN4/c1-21-6-5-9-26-27(21)32-29(30)35-20-24(31-28(26)35)18-22-10-12-23(13-11-22)19-33-14-16-34(17-15-33)25-7-3-2-4-8-25;1-16-6-5-9-21-22(16)29-25(26)30-15-20(27-23(21)30)14-17-10-12-18(13-11-17)24(31)28-19-7-3-2-4-8-19;1-16-4-3-5-21-22(16)27-24(25)30-15-19(26-23(21)30)14-18-6-8-20(9-7-18)29-12-10-28(11-13-29)17(2)31;1-15-3-2-4-19-20(15)25-22(23)27-14-17(24-21(19)27)13-16-5-7-18(8-6-16)26-9-11-28-12-10-26;1-11-3-2-4-15-16(11)22-18(20)23-10-14(21-17(15)23)9-12-5-7-13(19)8-6-12/h2-13,20H,14-19H2,1H3,(H2,30,32);2-13,15H,14H2,1H3,(H2,26,29)(H,28,31);3-9,15H,10-14H2,1-2H3,(H2,25,27);2-8,14H,9-13H2,1H3,(H2,23,25);2-8,10H,9H2,1H3,(H2,20,22). The van der Waals surface area contributed by atoms with Crippen molar-refractivity contribution in [2.24, 2.45) is 0 Å². The van der Waals surface area contributed by atoms with Gasteiger partial charge in [-0.3, -0.25) is 36.5 Å². The molecule has 10 aromatic heterocycles. The number of nitrogens with one attached hydrogen (secondary N) is 1. The van der Waals surface area contributed by atoms with E-state index in [-0.39, 0.29) is 17.6 Å². The van der Waals surface area contributed by atoms with E-state index in [0.717, 1.165) is 260 Å². The van der Waals surface area contributed by atoms with Crippen LogP contribution in [0.4, 0.5) is 56.9 Å². The molecule has 0 atom stereocenters. The van der Waals surface area contributed by atoms with Crippen molar-refractivity contribution >= 4 is 147 Å². The number of ether oxygens (including phenoxy) is 1. The number of carbonyl (C=O) groups is 2. The van der Waals surface area contributed by atoms with Crippen LogP contribution in [0.3, 0.4) is 0 Å². The Kier molecular flexibility index (Phi) is 27.5. The summed E-state index contributed by atoms with van der Waals surface area (Å²) in [5, 5.41) is 7.93. The number of imidazole rings is 5. The Balaban J connectivity index is 0.000000109. The Morgan fingerprint density at radius 3 is 0.905 bits per heavy atom. The second-order valence-electron chi connectivity index (χ2n) is 38.2. The minimum atomic E-state index is -0.237. The molecule has 3 fully saturated rings. The van der Waals surface area contributed by atoms with Crippen LogP contribution in [0.15, 0.2) is 304 Å². The lowest BCUT2D eigenvalue weighted by Crippen LogP contribution is -2.48. The van der Waals surface area contributed by atoms with Crippen molar-refractivity contribution < 1.29 is 18.7 Å². The largest absolute Gasteiger partial charge is 0.378 e. The molecule has 30 heteroatoms. The number of amides is 2. The summed E-state index contributed by atoms with van der Waals surface area (Å²) in [5.74, 6) is 2.02. The van der Waals surface area contributed by atoms with Crippen LogP contribution in [-0.4, -0.2) is 172 Å². The Morgan fingerprint density at radius 2 is 0.581 bits per heavy atom. The molecule has 742 valence electrons. The van der Waals surface area contributed by atoms with E-state index in [9.17, 15) is 14.0 Å². The zero-order valence-electron chi connectivity index (χ0n) is 83.5. The van der Waals surface area contributed by atoms with Crippen LogP contribution in [0.2, 0.25) is 0 Å². The van der Waals surface area contributed by atoms with E-state index < -0.39 is 0 Å². The molecular weight excluding hydrogens is 1850 g/mol. The van der Waals surface area contributed by atoms with E-state index >= 15 is 0 Å². The van der Waals surface area contributed by atoms with Gasteiger partial charge in [0.05, 0.1) is 69.3 Å². The number of morpholine rings is 1. The van der Waals surface area contributed by atoms with E-state index in [2.05, 4.69) is 178 Å². The van der Waals surface area contributed by atoms with Gasteiger partial charge in [0.25, 0.3) is 5.91 Å². The van der Waals surface area contributed by atoms with Crippen LogP contribution in [-0.2, 0) is 48.2 Å². The van der Waals surface area contributed by atoms with Gasteiger partial charge >= 0.3 is 0 Å². The number of nitrogens with zero attached hydrogens (tertiary/aromatic N) is 20. The summed E-state index contributed by atoms with van der Waals surface area (Å²) in [5.41, 5.74) is 62.0. The zero-order chi connectivity index (χ0) is 102. The molecule has 0 bridgehead atoms. The maximum atomic E-state index is 13.0. The van der Waals surface area contributed by atoms with Gasteiger partial charge in [-0.2, -0.15) is 0 Å². The number of nitrogens with two attached hydrogens (primary N) is 5. The van der Waals surface area contributed by atoms with Gasteiger partial charge in [0.15, 0.2) is 0 Å². The number of anilines is 9. The van der Waals surface area contributed by atoms with Crippen LogP contribution in [0.1, 0.15) is 107 Å². The van der Waals surface area contributed by atoms with Gasteiger partial charge in [-0.15, -0.1) is 0 Å². The smallest absolute Gasteiger partial charge is 0.255 e. The SMILES string of the molecule is CC(=O)N1CCN(c2ccc(Cc3cn4c(N)nc5c(C)cccc5c4n3)cc2)CC1.Cc1cccc2c1nc(N)n1cc(Cc3ccc(C(=O)Nc4ccccc4)cc3)nc21.Cc1cccc2c1nc(N)n1cc(Cc3ccc(CN4CCN(c5ccccc5)CC4)cc3)nc21.Cc1cccc2c1nc(N)n1cc(Cc3ccc(F)cc3)nc21.Cc1cccc2c1nc(N)n1cc(Cc3ccc(N4CCOCC4)cc3)nc21. The highest BCUT2D eigenvalue weighted by Gasteiger charge is 2.25. The Hall–Kier alpha value is -17.8. The van der Waals surface area contributed by atoms with Crippen LogP contribution in [0, 0.1) is 40.4 Å². The summed E-state index contributed by atoms with van der Waals surface area (Å²) in [6.45, 7) is 23.9. The highest BCUT2D eigenvalue weighted by Crippen LogP contribution is 2.34. The first-order valence-corrected chi connectivity index (χ1v) is 50.0. The van der Waals surface area contributed by atoms with Crippen molar-refractivity contribution in [3.63, 3.8) is 0 Å². The number of hydrogen-bond donors (Lipinski definition) is 6. The number of aromatic nitrogens is 15. The minimum Gasteiger partial charge on any atom is -0.378 e. The summed E-state index contributed by atoms with van der Waals surface area (Å²) in [7, 11) is 0. The average molecular weight is 1960 g/mol. The summed E-state index contributed by atoms with van der Waals surface area (Å²) in [6.07, 6.45) is 13.3. The predicted octanol–water partition coefficient (Wildman–Crippen LogP) is 19.0. The fraction of sp³-hybridized carbons (Fsp3) is 0.203. The molecule has 3 aliphatic rings. The molecule has 29 nitrogen and oxygen atoms in total. The molecule has 0 spiro atoms. The molecule has 3 saturated heterocycles. The monoisotopic (exact) mass is 1960 g/mol. The van der Waals surface area contributed by atoms with Crippen LogP contribution >= 0.6 is 0 Å². The molecule has 0 unspecified atom stereocenters. The number of hydrogen-bond acceptors (Lipinski definition) is 22. The summed E-state index contributed by atoms with van der Waals surface area (Å²) in [4.78, 5) is 82.5. The second-order valence-corrected chi connectivity index (χ2v) is 38.2. The lowest BCUT2D eigenvalue weighted by atomic mass is 10.1. The first-order valence-electron chi connectivity index (χ1n) is 50.0. The van der Waals surface area contributed by atoms with Crippen molar-refractivity contribution in [1.82, 2.24) is 81.6 Å². The van der Waals surface area contributed by atoms with Crippen LogP contribution < -0.4 is 48.7 Å². The second kappa shape index (κ2) is 42.3. The van der Waals surface area contributed by atoms with Gasteiger partial charge in [0.2, 0.25) is 35.6 Å². The summed E-state index contributed by atoms with van der Waals surface area (Å²) in [6, 6.07) is 90.9. The third-order valence-corrected chi connectivity index (χ3v) is 27.9. The summed E-state index contributed by atoms with van der Waals surface area (Å²) >= 11 is 0. The number of fused-ring (bicyclic) bond motifs is 15. The van der Waals surface area contributed by atoms with E-state index in [0.29, 0.717) is 48.1 Å². The number of rotatable bonds is 17. The van der Waals surface area contributed by atoms with Gasteiger partial charge in [0.1, 0.15) is 34.1 Å². The number of aryl methyl sites for hydroxylation is 5. The molecule has 11 N–H and O–H groups in total. The lowest BCUT2D eigenvalue weighted by Gasteiger charge is -2.36. The lowest BCUT2D eigenvalue weighted by molar-refractivity contribution is -0.129. The Bertz CT molecular complexity index is 8630. The number of nitrogen functional groups attached to an aromatic ring is 5. The Morgan fingerprint density at radius 1 is 0.304 bits per heavy atom. The quantitative estimate of drug-likeness (QED) is 0.0493. The molecule has 22 aromatic rings. The first-order chi connectivity index (χ1) is 72.0. The van der Waals surface area contributed by atoms with E-state index in [1.165, 1.54) is 51.4 Å². The fourth-order valence-corrected chi connectivity index (χ4v) is 19.9. The number of piperazine rings is 2. The number of para-hydroxylation sites is 7. The topological polar surface area (TPSA) is 353 Å². The highest BCUT2D eigenvalue weighted by molar-refractivity contribution is 6.04. The minimum absolute atomic E-state index is 0.133. The van der Waals surface area contributed by atoms with Crippen LogP contribution in [0.5, 0.6) is 0 Å². The molecule has 25 rings (SSSR count). The van der Waals surface area contributed by atoms with E-state index in [4.69, 9.17) is 58.3 Å². The normalized spacial score (nSPS) is 13.4. The van der Waals surface area contributed by atoms with Gasteiger partial charge in [-0.05, 0) is 199 Å². The summed E-state index contributed by atoms with van der Waals surface area (Å²) < 4.78 is 27.8. The molecule has 0 radical (unpaired) electrons. The van der Waals surface area contributed by atoms with Crippen molar-refractivity contribution in [2.45, 2.75) is 80.2 Å². The number of benzene rings is 12. The van der Waals surface area contributed by atoms with Gasteiger partial charge in [-0.25, -0.2) is 54.2 Å². The molecule has 12 aromatic carbocycles. The maximum Gasteiger partial charge on any atom is 0.255 e. The van der Waals surface area contributed by atoms with Crippen molar-refractivity contribution in [1.29, 1.82) is 0 Å². The third kappa shape index (κ3) is 21.0. The van der Waals surface area contributed by atoms with Gasteiger partial charge in [0, 0.05) is 197 Å². The van der Waals surface area contributed by atoms with Crippen molar-refractivity contribution in [3.8, 4) is 0 Å². The maximum absolute atomic E-state index is 13.0. The molecule has 0 aliphatic carbocycles. The third-order valence-electron chi connectivity index (χ3n) is 27.9. The first kappa shape index (κ1) is 96.4. The van der Waals surface area contributed by atoms with Crippen molar-refractivity contribution in [3.05, 3.63) is 405 Å².